The van der Waals surface area contributed by atoms with Crippen molar-refractivity contribution in [1.29, 1.82) is 5.26 Å². The lowest BCUT2D eigenvalue weighted by atomic mass is 10.2. The van der Waals surface area contributed by atoms with E-state index in [9.17, 15) is 0 Å². The van der Waals surface area contributed by atoms with Crippen LogP contribution in [0.15, 0.2) is 0 Å². The van der Waals surface area contributed by atoms with Gasteiger partial charge in [0.15, 0.2) is 0 Å². The Kier molecular flexibility index (Phi) is 7.66. The summed E-state index contributed by atoms with van der Waals surface area (Å²) in [5, 5.41) is 11.7. The van der Waals surface area contributed by atoms with E-state index in [1.54, 1.807) is 0 Å². The van der Waals surface area contributed by atoms with Crippen molar-refractivity contribution in [2.75, 3.05) is 26.7 Å². The molecule has 76 valence electrons. The fraction of sp³-hybridized carbons (Fsp3) is 0.900. The molecule has 3 nitrogen and oxygen atoms in total. The lowest BCUT2D eigenvalue weighted by molar-refractivity contribution is 0.278. The average molecular weight is 183 g/mol. The molecule has 0 rings (SSSR count). The van der Waals surface area contributed by atoms with Crippen LogP contribution >= 0.6 is 0 Å². The molecule has 0 saturated heterocycles. The lowest BCUT2D eigenvalue weighted by Gasteiger charge is -2.20. The molecule has 0 amide bonds. The highest BCUT2D eigenvalue weighted by molar-refractivity contribution is 4.88. The van der Waals surface area contributed by atoms with Gasteiger partial charge in [-0.25, -0.2) is 0 Å². The number of nitrogens with one attached hydrogen (secondary N) is 1. The van der Waals surface area contributed by atoms with Gasteiger partial charge in [-0.05, 0) is 33.0 Å². The number of hydrogen-bond acceptors (Lipinski definition) is 3. The SMILES string of the molecule is CCCN(CC)CCC(C#N)NC. The maximum atomic E-state index is 8.71. The standard InChI is InChI=1S/C10H21N3/c1-4-7-13(5-2)8-6-10(9-11)12-3/h10,12H,4-8H2,1-3H3. The molecule has 1 unspecified atom stereocenters. The Bertz CT molecular complexity index is 151. The third-order valence-electron chi connectivity index (χ3n) is 2.23. The molecule has 0 aliphatic rings. The zero-order chi connectivity index (χ0) is 10.1. The number of rotatable bonds is 7. The molecule has 0 saturated carbocycles. The highest BCUT2D eigenvalue weighted by Gasteiger charge is 2.06. The normalized spacial score (nSPS) is 12.8. The van der Waals surface area contributed by atoms with E-state index in [4.69, 9.17) is 5.26 Å². The van der Waals surface area contributed by atoms with Crippen molar-refractivity contribution < 1.29 is 0 Å². The fourth-order valence-electron chi connectivity index (χ4n) is 1.33. The molecular formula is C10H21N3. The van der Waals surface area contributed by atoms with Crippen LogP contribution in [-0.4, -0.2) is 37.6 Å². The highest BCUT2D eigenvalue weighted by atomic mass is 15.1. The van der Waals surface area contributed by atoms with Gasteiger partial charge in [-0.2, -0.15) is 5.26 Å². The van der Waals surface area contributed by atoms with Crippen LogP contribution in [0.2, 0.25) is 0 Å². The summed E-state index contributed by atoms with van der Waals surface area (Å²) >= 11 is 0. The topological polar surface area (TPSA) is 39.1 Å². The molecule has 13 heavy (non-hydrogen) atoms. The first kappa shape index (κ1) is 12.4. The zero-order valence-electron chi connectivity index (χ0n) is 9.01. The molecule has 3 heteroatoms. The van der Waals surface area contributed by atoms with Gasteiger partial charge in [-0.1, -0.05) is 13.8 Å². The number of hydrogen-bond donors (Lipinski definition) is 1. The van der Waals surface area contributed by atoms with Crippen molar-refractivity contribution in [3.63, 3.8) is 0 Å². The van der Waals surface area contributed by atoms with Crippen LogP contribution in [0, 0.1) is 11.3 Å². The van der Waals surface area contributed by atoms with Crippen molar-refractivity contribution in [2.24, 2.45) is 0 Å². The summed E-state index contributed by atoms with van der Waals surface area (Å²) in [6.45, 7) is 7.58. The molecule has 0 spiro atoms. The summed E-state index contributed by atoms with van der Waals surface area (Å²) in [5.74, 6) is 0. The fourth-order valence-corrected chi connectivity index (χ4v) is 1.33. The molecule has 0 heterocycles. The monoisotopic (exact) mass is 183 g/mol. The molecule has 1 N–H and O–H groups in total. The van der Waals surface area contributed by atoms with Gasteiger partial charge in [0.25, 0.3) is 0 Å². The van der Waals surface area contributed by atoms with Gasteiger partial charge < -0.3 is 10.2 Å². The minimum Gasteiger partial charge on any atom is -0.305 e. The van der Waals surface area contributed by atoms with Crippen molar-refractivity contribution in [3.05, 3.63) is 0 Å². The summed E-state index contributed by atoms with van der Waals surface area (Å²) in [4.78, 5) is 2.38. The summed E-state index contributed by atoms with van der Waals surface area (Å²) < 4.78 is 0. The predicted molar refractivity (Wildman–Crippen MR) is 55.5 cm³/mol. The van der Waals surface area contributed by atoms with Gasteiger partial charge in [-0.3, -0.25) is 0 Å². The van der Waals surface area contributed by atoms with E-state index in [1.807, 2.05) is 7.05 Å². The van der Waals surface area contributed by atoms with Gasteiger partial charge in [0.2, 0.25) is 0 Å². The Labute approximate surface area is 81.7 Å². The van der Waals surface area contributed by atoms with Crippen molar-refractivity contribution in [1.82, 2.24) is 10.2 Å². The van der Waals surface area contributed by atoms with E-state index in [1.165, 1.54) is 6.42 Å². The van der Waals surface area contributed by atoms with Crippen LogP contribution in [0.25, 0.3) is 0 Å². The summed E-state index contributed by atoms with van der Waals surface area (Å²) in [5.41, 5.74) is 0. The Balaban J connectivity index is 3.64. The highest BCUT2D eigenvalue weighted by Crippen LogP contribution is 1.96. The molecule has 0 aromatic carbocycles. The van der Waals surface area contributed by atoms with Crippen molar-refractivity contribution in [3.8, 4) is 6.07 Å². The van der Waals surface area contributed by atoms with E-state index >= 15 is 0 Å². The maximum absolute atomic E-state index is 8.71. The van der Waals surface area contributed by atoms with E-state index in [2.05, 4.69) is 30.1 Å². The minimum atomic E-state index is 0.00547. The van der Waals surface area contributed by atoms with Gasteiger partial charge in [0.1, 0.15) is 0 Å². The molecule has 0 aliphatic heterocycles. The second-order valence-corrected chi connectivity index (χ2v) is 3.19. The van der Waals surface area contributed by atoms with Crippen molar-refractivity contribution in [2.45, 2.75) is 32.7 Å². The third kappa shape index (κ3) is 5.62. The van der Waals surface area contributed by atoms with Crippen LogP contribution in [0.1, 0.15) is 26.7 Å². The largest absolute Gasteiger partial charge is 0.305 e. The minimum absolute atomic E-state index is 0.00547. The summed E-state index contributed by atoms with van der Waals surface area (Å²) in [7, 11) is 1.84. The van der Waals surface area contributed by atoms with Crippen LogP contribution in [0.4, 0.5) is 0 Å². The second-order valence-electron chi connectivity index (χ2n) is 3.19. The first-order valence-electron chi connectivity index (χ1n) is 5.07. The quantitative estimate of drug-likeness (QED) is 0.645. The van der Waals surface area contributed by atoms with Gasteiger partial charge in [-0.15, -0.1) is 0 Å². The Morgan fingerprint density at radius 2 is 2.08 bits per heavy atom. The molecule has 0 radical (unpaired) electrons. The molecule has 0 bridgehead atoms. The van der Waals surface area contributed by atoms with E-state index < -0.39 is 0 Å². The van der Waals surface area contributed by atoms with Gasteiger partial charge >= 0.3 is 0 Å². The first-order chi connectivity index (χ1) is 6.28. The molecule has 0 aromatic rings. The molecule has 0 aromatic heterocycles. The van der Waals surface area contributed by atoms with E-state index in [-0.39, 0.29) is 6.04 Å². The Hall–Kier alpha value is -0.590. The third-order valence-corrected chi connectivity index (χ3v) is 2.23. The summed E-state index contributed by atoms with van der Waals surface area (Å²) in [6.07, 6.45) is 2.10. The number of nitrogens with zero attached hydrogens (tertiary/aromatic N) is 2. The molecule has 0 fully saturated rings. The Morgan fingerprint density at radius 3 is 2.46 bits per heavy atom. The van der Waals surface area contributed by atoms with E-state index in [0.29, 0.717) is 0 Å². The van der Waals surface area contributed by atoms with Crippen molar-refractivity contribution >= 4 is 0 Å². The molecular weight excluding hydrogens is 162 g/mol. The van der Waals surface area contributed by atoms with Gasteiger partial charge in [0, 0.05) is 6.54 Å². The lowest BCUT2D eigenvalue weighted by Crippen LogP contribution is -2.32. The average Bonchev–Trinajstić information content (AvgIpc) is 2.17. The first-order valence-corrected chi connectivity index (χ1v) is 5.07. The van der Waals surface area contributed by atoms with Crippen LogP contribution < -0.4 is 5.32 Å². The maximum Gasteiger partial charge on any atom is 0.0962 e. The zero-order valence-corrected chi connectivity index (χ0v) is 9.01. The molecule has 1 atom stereocenters. The predicted octanol–water partition coefficient (Wildman–Crippen LogP) is 1.22. The summed E-state index contributed by atoms with van der Waals surface area (Å²) in [6, 6.07) is 2.24. The second kappa shape index (κ2) is 8.03. The Morgan fingerprint density at radius 1 is 1.38 bits per heavy atom. The van der Waals surface area contributed by atoms with E-state index in [0.717, 1.165) is 26.1 Å². The smallest absolute Gasteiger partial charge is 0.0962 e. The van der Waals surface area contributed by atoms with Gasteiger partial charge in [0.05, 0.1) is 12.1 Å². The molecule has 0 aliphatic carbocycles. The van der Waals surface area contributed by atoms with Crippen LogP contribution in [0.3, 0.4) is 0 Å². The number of nitriles is 1. The van der Waals surface area contributed by atoms with Crippen LogP contribution in [-0.2, 0) is 0 Å². The van der Waals surface area contributed by atoms with Crippen LogP contribution in [0.5, 0.6) is 0 Å².